The number of anilines is 2. The number of hydrogen-bond acceptors (Lipinski definition) is 3. The van der Waals surface area contributed by atoms with Crippen LogP contribution in [0, 0.1) is 0 Å². The standard InChI is InChI=1S/C28H22ClF2NO2/c1-2-32(20-10-4-3-5-11-20)21-14-15-22-23(17-21)27(18-8-6-9-19(29)16-18)33-24-12-7-13-25(26(22)24)34-28(30)31/h3-17,27-28H,2H2,1H3. The zero-order valence-corrected chi connectivity index (χ0v) is 19.2. The molecule has 34 heavy (non-hydrogen) atoms. The number of rotatable bonds is 6. The Hall–Kier alpha value is -3.57. The van der Waals surface area contributed by atoms with Crippen LogP contribution < -0.4 is 14.4 Å². The molecule has 0 spiro atoms. The lowest BCUT2D eigenvalue weighted by atomic mass is 9.88. The molecule has 3 nitrogen and oxygen atoms in total. The Morgan fingerprint density at radius 3 is 2.44 bits per heavy atom. The van der Waals surface area contributed by atoms with E-state index >= 15 is 0 Å². The zero-order valence-electron chi connectivity index (χ0n) is 18.4. The third-order valence-corrected chi connectivity index (χ3v) is 6.12. The predicted molar refractivity (Wildman–Crippen MR) is 132 cm³/mol. The van der Waals surface area contributed by atoms with Gasteiger partial charge in [0.1, 0.15) is 17.6 Å². The average Bonchev–Trinajstić information content (AvgIpc) is 2.84. The summed E-state index contributed by atoms with van der Waals surface area (Å²) in [6, 6.07) is 28.5. The van der Waals surface area contributed by atoms with Crippen molar-refractivity contribution in [2.45, 2.75) is 19.6 Å². The maximum Gasteiger partial charge on any atom is 0.387 e. The third kappa shape index (κ3) is 4.19. The highest BCUT2D eigenvalue weighted by Crippen LogP contribution is 2.50. The molecule has 4 aromatic carbocycles. The molecule has 1 aliphatic heterocycles. The van der Waals surface area contributed by atoms with E-state index in [2.05, 4.69) is 30.0 Å². The number of para-hydroxylation sites is 1. The van der Waals surface area contributed by atoms with Gasteiger partial charge in [0.15, 0.2) is 0 Å². The molecule has 6 heteroatoms. The van der Waals surface area contributed by atoms with Crippen LogP contribution in [0.25, 0.3) is 11.1 Å². The highest BCUT2D eigenvalue weighted by atomic mass is 35.5. The van der Waals surface area contributed by atoms with Crippen molar-refractivity contribution in [3.63, 3.8) is 0 Å². The lowest BCUT2D eigenvalue weighted by Gasteiger charge is -2.32. The van der Waals surface area contributed by atoms with Gasteiger partial charge in [-0.15, -0.1) is 0 Å². The van der Waals surface area contributed by atoms with Crippen molar-refractivity contribution < 1.29 is 18.3 Å². The first kappa shape index (κ1) is 22.2. The van der Waals surface area contributed by atoms with Crippen LogP contribution in [0.1, 0.15) is 24.2 Å². The topological polar surface area (TPSA) is 21.7 Å². The van der Waals surface area contributed by atoms with Crippen LogP contribution in [-0.2, 0) is 0 Å². The first-order valence-corrected chi connectivity index (χ1v) is 11.4. The summed E-state index contributed by atoms with van der Waals surface area (Å²) in [6.45, 7) is -0.100. The molecular formula is C28H22ClF2NO2. The average molecular weight is 478 g/mol. The number of ether oxygens (including phenoxy) is 2. The molecular weight excluding hydrogens is 456 g/mol. The van der Waals surface area contributed by atoms with Crippen LogP contribution in [0.2, 0.25) is 5.02 Å². The van der Waals surface area contributed by atoms with E-state index in [1.165, 1.54) is 6.07 Å². The maximum absolute atomic E-state index is 13.2. The van der Waals surface area contributed by atoms with Gasteiger partial charge in [0.25, 0.3) is 0 Å². The smallest absolute Gasteiger partial charge is 0.387 e. The summed E-state index contributed by atoms with van der Waals surface area (Å²) in [5.41, 5.74) is 5.06. The Kier molecular flexibility index (Phi) is 6.12. The maximum atomic E-state index is 13.2. The van der Waals surface area contributed by atoms with Crippen molar-refractivity contribution in [3.8, 4) is 22.6 Å². The van der Waals surface area contributed by atoms with Gasteiger partial charge < -0.3 is 14.4 Å². The summed E-state index contributed by atoms with van der Waals surface area (Å²) in [7, 11) is 0. The molecule has 0 aliphatic carbocycles. The Labute approximate surface area is 202 Å². The van der Waals surface area contributed by atoms with Gasteiger partial charge in [-0.2, -0.15) is 8.78 Å². The first-order chi connectivity index (χ1) is 16.5. The lowest BCUT2D eigenvalue weighted by Crippen LogP contribution is -2.19. The highest BCUT2D eigenvalue weighted by Gasteiger charge is 2.31. The summed E-state index contributed by atoms with van der Waals surface area (Å²) in [4.78, 5) is 2.19. The van der Waals surface area contributed by atoms with Crippen molar-refractivity contribution in [1.82, 2.24) is 0 Å². The van der Waals surface area contributed by atoms with Crippen LogP contribution in [0.5, 0.6) is 11.5 Å². The molecule has 5 rings (SSSR count). The fraction of sp³-hybridized carbons (Fsp3) is 0.143. The molecule has 0 saturated heterocycles. The second-order valence-electron chi connectivity index (χ2n) is 7.91. The van der Waals surface area contributed by atoms with Gasteiger partial charge in [-0.05, 0) is 66.6 Å². The Balaban J connectivity index is 1.70. The SMILES string of the molecule is CCN(c1ccccc1)c1ccc2c(c1)C(c1cccc(Cl)c1)Oc1cccc(OC(F)F)c1-2. The van der Waals surface area contributed by atoms with Gasteiger partial charge in [0.05, 0.1) is 5.56 Å². The summed E-state index contributed by atoms with van der Waals surface area (Å²) < 4.78 is 37.6. The Morgan fingerprint density at radius 1 is 0.912 bits per heavy atom. The Bertz CT molecular complexity index is 1310. The minimum absolute atomic E-state index is 0.0847. The van der Waals surface area contributed by atoms with Crippen LogP contribution in [-0.4, -0.2) is 13.2 Å². The molecule has 0 amide bonds. The number of halogens is 3. The second-order valence-corrected chi connectivity index (χ2v) is 8.35. The van der Waals surface area contributed by atoms with E-state index in [1.807, 2.05) is 54.6 Å². The minimum Gasteiger partial charge on any atom is -0.480 e. The number of alkyl halides is 2. The Morgan fingerprint density at radius 2 is 1.71 bits per heavy atom. The molecule has 1 atom stereocenters. The van der Waals surface area contributed by atoms with Crippen molar-refractivity contribution in [2.75, 3.05) is 11.4 Å². The molecule has 1 heterocycles. The van der Waals surface area contributed by atoms with E-state index in [0.29, 0.717) is 16.3 Å². The van der Waals surface area contributed by atoms with Crippen molar-refractivity contribution in [1.29, 1.82) is 0 Å². The van der Waals surface area contributed by atoms with Crippen molar-refractivity contribution in [2.24, 2.45) is 0 Å². The number of fused-ring (bicyclic) bond motifs is 3. The molecule has 4 aromatic rings. The van der Waals surface area contributed by atoms with E-state index in [9.17, 15) is 8.78 Å². The number of hydrogen-bond donors (Lipinski definition) is 0. The van der Waals surface area contributed by atoms with Gasteiger partial charge in [-0.1, -0.05) is 54.1 Å². The number of nitrogens with zero attached hydrogens (tertiary/aromatic N) is 1. The number of benzene rings is 4. The molecule has 0 aromatic heterocycles. The molecule has 1 aliphatic rings. The monoisotopic (exact) mass is 477 g/mol. The fourth-order valence-electron chi connectivity index (χ4n) is 4.46. The molecule has 0 bridgehead atoms. The van der Waals surface area contributed by atoms with Gasteiger partial charge in [0.2, 0.25) is 0 Å². The second kappa shape index (κ2) is 9.35. The van der Waals surface area contributed by atoms with E-state index in [1.54, 1.807) is 12.1 Å². The van der Waals surface area contributed by atoms with Gasteiger partial charge in [-0.3, -0.25) is 0 Å². The quantitative estimate of drug-likeness (QED) is 0.279. The summed E-state index contributed by atoms with van der Waals surface area (Å²) in [5.74, 6) is 0.570. The van der Waals surface area contributed by atoms with Gasteiger partial charge >= 0.3 is 6.61 Å². The largest absolute Gasteiger partial charge is 0.480 e. The van der Waals surface area contributed by atoms with Gasteiger partial charge in [0, 0.05) is 28.5 Å². The molecule has 172 valence electrons. The molecule has 0 fully saturated rings. The first-order valence-electron chi connectivity index (χ1n) is 11.0. The van der Waals surface area contributed by atoms with E-state index < -0.39 is 12.7 Å². The van der Waals surface area contributed by atoms with E-state index in [-0.39, 0.29) is 5.75 Å². The predicted octanol–water partition coefficient (Wildman–Crippen LogP) is 8.25. The van der Waals surface area contributed by atoms with E-state index in [4.69, 9.17) is 21.1 Å². The summed E-state index contributed by atoms with van der Waals surface area (Å²) >= 11 is 6.29. The molecule has 0 radical (unpaired) electrons. The molecule has 0 N–H and O–H groups in total. The van der Waals surface area contributed by atoms with E-state index in [0.717, 1.165) is 34.6 Å². The van der Waals surface area contributed by atoms with Crippen LogP contribution in [0.15, 0.2) is 91.0 Å². The van der Waals surface area contributed by atoms with Crippen molar-refractivity contribution in [3.05, 3.63) is 107 Å². The molecule has 1 unspecified atom stereocenters. The highest BCUT2D eigenvalue weighted by molar-refractivity contribution is 6.30. The van der Waals surface area contributed by atoms with Crippen LogP contribution >= 0.6 is 11.6 Å². The third-order valence-electron chi connectivity index (χ3n) is 5.88. The van der Waals surface area contributed by atoms with Gasteiger partial charge in [-0.25, -0.2) is 0 Å². The molecule has 0 saturated carbocycles. The van der Waals surface area contributed by atoms with Crippen LogP contribution in [0.4, 0.5) is 20.2 Å². The summed E-state index contributed by atoms with van der Waals surface area (Å²) in [6.07, 6.45) is -0.461. The summed E-state index contributed by atoms with van der Waals surface area (Å²) in [5, 5.41) is 0.596. The van der Waals surface area contributed by atoms with Crippen LogP contribution in [0.3, 0.4) is 0 Å². The lowest BCUT2D eigenvalue weighted by molar-refractivity contribution is -0.0496. The zero-order chi connectivity index (χ0) is 23.7. The minimum atomic E-state index is -2.94. The normalized spacial score (nSPS) is 14.2. The van der Waals surface area contributed by atoms with Crippen molar-refractivity contribution >= 4 is 23.0 Å². The fourth-order valence-corrected chi connectivity index (χ4v) is 4.66.